The van der Waals surface area contributed by atoms with Crippen LogP contribution in [0.1, 0.15) is 5.56 Å². The summed E-state index contributed by atoms with van der Waals surface area (Å²) >= 11 is -1.23. The molecule has 1 aromatic carbocycles. The van der Waals surface area contributed by atoms with Crippen LogP contribution in [0.25, 0.3) is 3.08 Å². The van der Waals surface area contributed by atoms with Crippen LogP contribution in [0.3, 0.4) is 0 Å². The van der Waals surface area contributed by atoms with E-state index in [1.807, 2.05) is 18.2 Å². The molecule has 0 spiro atoms. The quantitative estimate of drug-likeness (QED) is 0.727. The van der Waals surface area contributed by atoms with Gasteiger partial charge in [-0.25, -0.2) is 0 Å². The average Bonchev–Trinajstić information content (AvgIpc) is 2.05. The summed E-state index contributed by atoms with van der Waals surface area (Å²) in [5, 5.41) is 0. The van der Waals surface area contributed by atoms with Crippen LogP contribution in [0, 0.1) is 0 Å². The summed E-state index contributed by atoms with van der Waals surface area (Å²) in [6.07, 6.45) is 0. The average molecular weight is 339 g/mol. The molecule has 10 heavy (non-hydrogen) atoms. The van der Waals surface area contributed by atoms with Crippen molar-refractivity contribution >= 4 is 11.3 Å². The van der Waals surface area contributed by atoms with Gasteiger partial charge in [-0.15, -0.1) is 0 Å². The third-order valence-corrected chi connectivity index (χ3v) is 7.02. The molecule has 0 radical (unpaired) electrons. The molecule has 1 rings (SSSR count). The van der Waals surface area contributed by atoms with Crippen molar-refractivity contribution in [3.8, 4) is 0 Å². The van der Waals surface area contributed by atoms with Crippen LogP contribution in [-0.4, -0.2) is 0 Å². The fraction of sp³-hybridized carbons (Fsp3) is 0. The Morgan fingerprint density at radius 1 is 1.30 bits per heavy atom. The Labute approximate surface area is 76.8 Å². The van der Waals surface area contributed by atoms with Crippen molar-refractivity contribution in [2.75, 3.05) is 0 Å². The van der Waals surface area contributed by atoms with Gasteiger partial charge in [0.2, 0.25) is 0 Å². The van der Waals surface area contributed by atoms with E-state index in [0.717, 1.165) is 0 Å². The first kappa shape index (κ1) is 8.28. The first-order valence-corrected chi connectivity index (χ1v) is 12.7. The first-order valence-electron chi connectivity index (χ1n) is 3.14. The van der Waals surface area contributed by atoms with Crippen LogP contribution in [0.2, 0.25) is 0 Å². The molecule has 0 nitrogen and oxygen atoms in total. The van der Waals surface area contributed by atoms with Crippen molar-refractivity contribution in [2.24, 2.45) is 0 Å². The third kappa shape index (κ3) is 2.10. The number of rotatable bonds is 2. The van der Waals surface area contributed by atoms with Gasteiger partial charge in [0.15, 0.2) is 0 Å². The predicted octanol–water partition coefficient (Wildman–Crippen LogP) is 2.89. The van der Waals surface area contributed by atoms with E-state index >= 15 is 0 Å². The summed E-state index contributed by atoms with van der Waals surface area (Å²) in [6, 6.07) is 10.2. The molecule has 48 valence electrons. The molecular weight excluding hydrogens is 332 g/mol. The van der Waals surface area contributed by atoms with Crippen molar-refractivity contribution in [1.29, 1.82) is 0 Å². The molecule has 0 fully saturated rings. The molecule has 2 heteroatoms. The summed E-state index contributed by atoms with van der Waals surface area (Å²) in [5.41, 5.74) is 1.22. The van der Waals surface area contributed by atoms with Gasteiger partial charge in [0, 0.05) is 0 Å². The number of hydrogen-bond acceptors (Lipinski definition) is 0. The molecule has 0 atom stereocenters. The van der Waals surface area contributed by atoms with Gasteiger partial charge >= 0.3 is 77.1 Å². The van der Waals surface area contributed by atoms with Crippen LogP contribution >= 0.6 is 8.25 Å². The third-order valence-electron chi connectivity index (χ3n) is 1.34. The fourth-order valence-corrected chi connectivity index (χ4v) is 3.62. The molecule has 0 aliphatic carbocycles. The normalized spacial score (nSPS) is 8.50. The molecule has 0 amide bonds. The van der Waals surface area contributed by atoms with Gasteiger partial charge in [-0.3, -0.25) is 0 Å². The zero-order chi connectivity index (χ0) is 7.40. The number of halogens is 1. The van der Waals surface area contributed by atoms with E-state index < -0.39 is 23.3 Å². The standard InChI is InChI=1S/C8H7.ClH.Hg/c1-2-8-6-4-3-5-7-8;;/h3-7H,1H2;1H;/q;;+1/p-1. The summed E-state index contributed by atoms with van der Waals surface area (Å²) < 4.78 is 1.20. The molecule has 0 aromatic heterocycles. The summed E-state index contributed by atoms with van der Waals surface area (Å²) in [4.78, 5) is 0. The van der Waals surface area contributed by atoms with Gasteiger partial charge in [-0.1, -0.05) is 0 Å². The molecular formula is C8H7ClHg. The van der Waals surface area contributed by atoms with E-state index in [0.29, 0.717) is 0 Å². The first-order chi connectivity index (χ1) is 4.84. The van der Waals surface area contributed by atoms with E-state index in [1.165, 1.54) is 8.65 Å². The number of hydrogen-bond donors (Lipinski definition) is 0. The van der Waals surface area contributed by atoms with Gasteiger partial charge in [-0.2, -0.15) is 0 Å². The molecule has 0 bridgehead atoms. The molecule has 0 unspecified atom stereocenters. The Balaban J connectivity index is 2.85. The Kier molecular flexibility index (Phi) is 3.43. The monoisotopic (exact) mass is 340 g/mol. The SMILES string of the molecule is C=[C]([Hg][Cl])c1ccccc1. The molecule has 1 aromatic rings. The maximum atomic E-state index is 5.81. The van der Waals surface area contributed by atoms with E-state index in [9.17, 15) is 0 Å². The van der Waals surface area contributed by atoms with Crippen molar-refractivity contribution in [3.63, 3.8) is 0 Å². The second kappa shape index (κ2) is 4.14. The minimum atomic E-state index is -1.23. The summed E-state index contributed by atoms with van der Waals surface area (Å²) in [6.45, 7) is 3.91. The molecule has 0 saturated heterocycles. The zero-order valence-corrected chi connectivity index (χ0v) is 11.9. The Morgan fingerprint density at radius 3 is 2.40 bits per heavy atom. The van der Waals surface area contributed by atoms with E-state index in [1.54, 1.807) is 0 Å². The fourth-order valence-electron chi connectivity index (χ4n) is 0.751. The van der Waals surface area contributed by atoms with E-state index in [-0.39, 0.29) is 0 Å². The Morgan fingerprint density at radius 2 is 1.90 bits per heavy atom. The molecule has 0 N–H and O–H groups in total. The van der Waals surface area contributed by atoms with Gasteiger partial charge in [0.1, 0.15) is 0 Å². The van der Waals surface area contributed by atoms with Crippen LogP contribution in [0.5, 0.6) is 0 Å². The molecule has 0 saturated carbocycles. The van der Waals surface area contributed by atoms with Crippen molar-refractivity contribution < 1.29 is 23.3 Å². The van der Waals surface area contributed by atoms with Crippen LogP contribution in [-0.2, 0) is 23.3 Å². The Bertz CT molecular complexity index is 218. The zero-order valence-electron chi connectivity index (χ0n) is 5.68. The van der Waals surface area contributed by atoms with Crippen molar-refractivity contribution in [2.45, 2.75) is 0 Å². The van der Waals surface area contributed by atoms with Gasteiger partial charge in [0.05, 0.1) is 0 Å². The second-order valence-electron chi connectivity index (χ2n) is 2.10. The van der Waals surface area contributed by atoms with E-state index in [4.69, 9.17) is 8.25 Å². The molecule has 0 heterocycles. The summed E-state index contributed by atoms with van der Waals surface area (Å²) in [5.74, 6) is 0. The molecule has 0 aliphatic heterocycles. The predicted molar refractivity (Wildman–Crippen MR) is 41.3 cm³/mol. The molecule has 0 aliphatic rings. The number of benzene rings is 1. The van der Waals surface area contributed by atoms with Gasteiger partial charge in [0.25, 0.3) is 0 Å². The second-order valence-corrected chi connectivity index (χ2v) is 8.81. The Hall–Kier alpha value is 0.185. The van der Waals surface area contributed by atoms with E-state index in [2.05, 4.69) is 18.7 Å². The van der Waals surface area contributed by atoms with Crippen molar-refractivity contribution in [3.05, 3.63) is 42.5 Å². The summed E-state index contributed by atoms with van der Waals surface area (Å²) in [7, 11) is 5.81. The van der Waals surface area contributed by atoms with Crippen LogP contribution in [0.15, 0.2) is 36.9 Å². The van der Waals surface area contributed by atoms with Crippen molar-refractivity contribution in [1.82, 2.24) is 0 Å². The maximum absolute atomic E-state index is 5.81. The van der Waals surface area contributed by atoms with Crippen LogP contribution < -0.4 is 0 Å². The topological polar surface area (TPSA) is 0 Å². The van der Waals surface area contributed by atoms with Crippen LogP contribution in [0.4, 0.5) is 0 Å². The van der Waals surface area contributed by atoms with Gasteiger partial charge in [-0.05, 0) is 0 Å². The minimum absolute atomic E-state index is 1.20. The van der Waals surface area contributed by atoms with Gasteiger partial charge < -0.3 is 0 Å².